The van der Waals surface area contributed by atoms with E-state index in [0.717, 1.165) is 19.6 Å². The Kier molecular flexibility index (Phi) is 5.84. The van der Waals surface area contributed by atoms with E-state index in [2.05, 4.69) is 51.8 Å². The minimum absolute atomic E-state index is 0.299. The fourth-order valence-corrected chi connectivity index (χ4v) is 2.63. The van der Waals surface area contributed by atoms with Crippen molar-refractivity contribution < 1.29 is 4.79 Å². The van der Waals surface area contributed by atoms with Gasteiger partial charge < -0.3 is 10.2 Å². The number of carbonyl (C=O) groups is 1. The molecule has 0 radical (unpaired) electrons. The van der Waals surface area contributed by atoms with Crippen LogP contribution in [-0.4, -0.2) is 36.5 Å². The lowest BCUT2D eigenvalue weighted by molar-refractivity contribution is -0.134. The molecular weight excluding hydrogens is 236 g/mol. The summed E-state index contributed by atoms with van der Waals surface area (Å²) in [4.78, 5) is 14.3. The molecule has 19 heavy (non-hydrogen) atoms. The molecule has 1 N–H and O–H groups in total. The van der Waals surface area contributed by atoms with E-state index in [1.807, 2.05) is 0 Å². The number of hydrogen-bond donors (Lipinski definition) is 1. The van der Waals surface area contributed by atoms with Crippen molar-refractivity contribution in [3.05, 3.63) is 0 Å². The topological polar surface area (TPSA) is 32.3 Å². The molecule has 1 aliphatic rings. The predicted octanol–water partition coefficient (Wildman–Crippen LogP) is 2.91. The average Bonchev–Trinajstić information content (AvgIpc) is 2.23. The lowest BCUT2D eigenvalue weighted by Crippen LogP contribution is -2.52. The molecule has 1 aliphatic heterocycles. The fraction of sp³-hybridized carbons (Fsp3) is 0.938. The van der Waals surface area contributed by atoms with Crippen LogP contribution in [0.15, 0.2) is 0 Å². The van der Waals surface area contributed by atoms with Crippen LogP contribution in [0, 0.1) is 17.3 Å². The zero-order chi connectivity index (χ0) is 14.6. The van der Waals surface area contributed by atoms with Crippen LogP contribution in [0.1, 0.15) is 54.4 Å². The molecule has 0 bridgehead atoms. The van der Waals surface area contributed by atoms with E-state index in [9.17, 15) is 4.79 Å². The van der Waals surface area contributed by atoms with Crippen molar-refractivity contribution in [1.29, 1.82) is 0 Å². The first-order valence-electron chi connectivity index (χ1n) is 7.68. The molecule has 1 rings (SSSR count). The van der Waals surface area contributed by atoms with Gasteiger partial charge >= 0.3 is 0 Å². The fourth-order valence-electron chi connectivity index (χ4n) is 2.63. The van der Waals surface area contributed by atoms with Crippen LogP contribution in [0.4, 0.5) is 0 Å². The Morgan fingerprint density at radius 3 is 2.47 bits per heavy atom. The Balaban J connectivity index is 2.50. The summed E-state index contributed by atoms with van der Waals surface area (Å²) >= 11 is 0. The van der Waals surface area contributed by atoms with Crippen LogP contribution in [0.25, 0.3) is 0 Å². The Bertz CT molecular complexity index is 294. The van der Waals surface area contributed by atoms with Crippen molar-refractivity contribution in [3.63, 3.8) is 0 Å². The van der Waals surface area contributed by atoms with Gasteiger partial charge in [0.2, 0.25) is 5.91 Å². The molecule has 1 heterocycles. The molecule has 0 spiro atoms. The predicted molar refractivity (Wildman–Crippen MR) is 81.1 cm³/mol. The smallest absolute Gasteiger partial charge is 0.222 e. The summed E-state index contributed by atoms with van der Waals surface area (Å²) in [5.41, 5.74) is 0.299. The van der Waals surface area contributed by atoms with Gasteiger partial charge in [-0.25, -0.2) is 0 Å². The minimum Gasteiger partial charge on any atom is -0.341 e. The Morgan fingerprint density at radius 1 is 1.32 bits per heavy atom. The zero-order valence-corrected chi connectivity index (χ0v) is 13.6. The second-order valence-electron chi connectivity index (χ2n) is 7.88. The summed E-state index contributed by atoms with van der Waals surface area (Å²) in [5.74, 6) is 1.37. The van der Waals surface area contributed by atoms with Gasteiger partial charge in [0.05, 0.1) is 0 Å². The van der Waals surface area contributed by atoms with Gasteiger partial charge in [0, 0.05) is 32.1 Å². The van der Waals surface area contributed by atoms with E-state index in [0.29, 0.717) is 35.6 Å². The highest BCUT2D eigenvalue weighted by molar-refractivity contribution is 5.76. The molecule has 2 unspecified atom stereocenters. The van der Waals surface area contributed by atoms with Crippen molar-refractivity contribution >= 4 is 5.91 Å². The lowest BCUT2D eigenvalue weighted by atomic mass is 9.92. The first-order valence-corrected chi connectivity index (χ1v) is 7.68. The van der Waals surface area contributed by atoms with Crippen LogP contribution in [0.2, 0.25) is 0 Å². The second-order valence-corrected chi connectivity index (χ2v) is 7.88. The lowest BCUT2D eigenvalue weighted by Gasteiger charge is -2.38. The van der Waals surface area contributed by atoms with Crippen molar-refractivity contribution in [2.75, 3.05) is 19.6 Å². The van der Waals surface area contributed by atoms with Gasteiger partial charge in [-0.1, -0.05) is 41.5 Å². The van der Waals surface area contributed by atoms with Gasteiger partial charge in [0.1, 0.15) is 0 Å². The molecule has 3 heteroatoms. The van der Waals surface area contributed by atoms with Crippen molar-refractivity contribution in [2.24, 2.45) is 17.3 Å². The van der Waals surface area contributed by atoms with Crippen LogP contribution in [0.5, 0.6) is 0 Å². The summed E-state index contributed by atoms with van der Waals surface area (Å²) in [6, 6.07) is 0.457. The van der Waals surface area contributed by atoms with Crippen LogP contribution >= 0.6 is 0 Å². The monoisotopic (exact) mass is 268 g/mol. The molecule has 1 saturated heterocycles. The molecule has 2 atom stereocenters. The first kappa shape index (κ1) is 16.5. The highest BCUT2D eigenvalue weighted by atomic mass is 16.2. The van der Waals surface area contributed by atoms with Crippen molar-refractivity contribution in [1.82, 2.24) is 10.2 Å². The molecule has 0 aromatic rings. The van der Waals surface area contributed by atoms with Crippen molar-refractivity contribution in [3.8, 4) is 0 Å². The Hall–Kier alpha value is -0.570. The van der Waals surface area contributed by atoms with E-state index in [4.69, 9.17) is 0 Å². The summed E-state index contributed by atoms with van der Waals surface area (Å²) in [5, 5.41) is 3.64. The van der Waals surface area contributed by atoms with Crippen LogP contribution in [0.3, 0.4) is 0 Å². The minimum atomic E-state index is 0.299. The van der Waals surface area contributed by atoms with Gasteiger partial charge in [-0.05, 0) is 23.7 Å². The van der Waals surface area contributed by atoms with Gasteiger partial charge in [-0.3, -0.25) is 4.79 Å². The number of amides is 1. The second kappa shape index (κ2) is 6.74. The van der Waals surface area contributed by atoms with Crippen LogP contribution < -0.4 is 5.32 Å². The number of hydrogen-bond acceptors (Lipinski definition) is 2. The number of nitrogens with one attached hydrogen (secondary N) is 1. The Morgan fingerprint density at radius 2 is 1.95 bits per heavy atom. The van der Waals surface area contributed by atoms with Gasteiger partial charge in [0.25, 0.3) is 0 Å². The third kappa shape index (κ3) is 6.42. The third-order valence-electron chi connectivity index (χ3n) is 3.52. The van der Waals surface area contributed by atoms with Gasteiger partial charge in [-0.2, -0.15) is 0 Å². The largest absolute Gasteiger partial charge is 0.341 e. The van der Waals surface area contributed by atoms with E-state index >= 15 is 0 Å². The van der Waals surface area contributed by atoms with Gasteiger partial charge in [-0.15, -0.1) is 0 Å². The summed E-state index contributed by atoms with van der Waals surface area (Å²) in [6.45, 7) is 16.0. The highest BCUT2D eigenvalue weighted by Crippen LogP contribution is 2.19. The zero-order valence-electron chi connectivity index (χ0n) is 13.6. The SMILES string of the molecule is CC(C)CC(=O)N1CC(C)CC(NCC(C)(C)C)C1. The maximum absolute atomic E-state index is 12.2. The summed E-state index contributed by atoms with van der Waals surface area (Å²) in [7, 11) is 0. The third-order valence-corrected chi connectivity index (χ3v) is 3.52. The molecule has 0 aliphatic carbocycles. The van der Waals surface area contributed by atoms with Gasteiger partial charge in [0.15, 0.2) is 0 Å². The van der Waals surface area contributed by atoms with E-state index in [1.54, 1.807) is 0 Å². The summed E-state index contributed by atoms with van der Waals surface area (Å²) < 4.78 is 0. The highest BCUT2D eigenvalue weighted by Gasteiger charge is 2.28. The molecule has 0 aromatic heterocycles. The normalized spacial score (nSPS) is 24.9. The quantitative estimate of drug-likeness (QED) is 0.850. The maximum atomic E-state index is 12.2. The maximum Gasteiger partial charge on any atom is 0.222 e. The molecule has 1 fully saturated rings. The van der Waals surface area contributed by atoms with E-state index < -0.39 is 0 Å². The number of piperidine rings is 1. The summed E-state index contributed by atoms with van der Waals surface area (Å²) in [6.07, 6.45) is 1.86. The molecule has 0 saturated carbocycles. The number of carbonyl (C=O) groups excluding carboxylic acids is 1. The number of rotatable bonds is 4. The standard InChI is InChI=1S/C16H32N2O/c1-12(2)7-15(19)18-9-13(3)8-14(10-18)17-11-16(4,5)6/h12-14,17H,7-11H2,1-6H3. The molecule has 0 aromatic carbocycles. The molecular formula is C16H32N2O. The van der Waals surface area contributed by atoms with Crippen LogP contribution in [-0.2, 0) is 4.79 Å². The van der Waals surface area contributed by atoms with Crippen molar-refractivity contribution in [2.45, 2.75) is 60.4 Å². The van der Waals surface area contributed by atoms with E-state index in [1.165, 1.54) is 6.42 Å². The molecule has 1 amide bonds. The number of nitrogens with zero attached hydrogens (tertiary/aromatic N) is 1. The average molecular weight is 268 g/mol. The number of likely N-dealkylation sites (tertiary alicyclic amines) is 1. The first-order chi connectivity index (χ1) is 8.67. The molecule has 3 nitrogen and oxygen atoms in total. The Labute approximate surface area is 119 Å². The van der Waals surface area contributed by atoms with E-state index in [-0.39, 0.29) is 0 Å². The molecule has 112 valence electrons.